The molecular formula is C47H48N2. The summed E-state index contributed by atoms with van der Waals surface area (Å²) >= 11 is 0. The highest BCUT2D eigenvalue weighted by atomic mass is 15.0. The van der Waals surface area contributed by atoms with Gasteiger partial charge in [-0.2, -0.15) is 0 Å². The molecule has 0 spiro atoms. The van der Waals surface area contributed by atoms with Crippen molar-refractivity contribution in [3.8, 4) is 11.1 Å². The van der Waals surface area contributed by atoms with Gasteiger partial charge in [-0.1, -0.05) is 148 Å². The summed E-state index contributed by atoms with van der Waals surface area (Å²) in [4.78, 5) is 5.65. The SMILES string of the molecule is CC1C=CCCC1c1ccc(-c2ccccc2)c(C2CC=CC(n3c4c(c5ccccc53)C3C=CC=CC3C(C)(C)C3C=CC=CC43)C2)n1. The molecule has 49 heavy (non-hydrogen) atoms. The van der Waals surface area contributed by atoms with Gasteiger partial charge in [0.15, 0.2) is 0 Å². The van der Waals surface area contributed by atoms with E-state index in [-0.39, 0.29) is 11.5 Å². The molecule has 2 aromatic heterocycles. The summed E-state index contributed by atoms with van der Waals surface area (Å²) in [5.41, 5.74) is 9.66. The van der Waals surface area contributed by atoms with Crippen molar-refractivity contribution in [2.75, 3.05) is 0 Å². The fourth-order valence-electron chi connectivity index (χ4n) is 10.3. The van der Waals surface area contributed by atoms with Gasteiger partial charge in [0, 0.05) is 51.5 Å². The lowest BCUT2D eigenvalue weighted by Crippen LogP contribution is -2.35. The Morgan fingerprint density at radius 3 is 2.29 bits per heavy atom. The van der Waals surface area contributed by atoms with Crippen LogP contribution in [0.5, 0.6) is 0 Å². The van der Waals surface area contributed by atoms with Crippen LogP contribution in [-0.4, -0.2) is 9.55 Å². The van der Waals surface area contributed by atoms with Gasteiger partial charge in [0.2, 0.25) is 0 Å². The predicted molar refractivity (Wildman–Crippen MR) is 205 cm³/mol. The molecule has 2 heteroatoms. The first kappa shape index (κ1) is 30.6. The Morgan fingerprint density at radius 1 is 0.735 bits per heavy atom. The highest BCUT2D eigenvalue weighted by Gasteiger charge is 2.49. The minimum absolute atomic E-state index is 0.105. The van der Waals surface area contributed by atoms with Crippen molar-refractivity contribution in [2.45, 2.75) is 76.2 Å². The minimum Gasteiger partial charge on any atom is -0.337 e. The number of hydrogen-bond acceptors (Lipinski definition) is 1. The zero-order chi connectivity index (χ0) is 33.1. The standard InChI is InChI=1S/C47H48N2/c1-31-16-7-8-21-35(31)42-29-28-36(32-17-5-4-6-18-32)45(48-42)33-19-15-20-34(30-33)49-43-27-14-11-24-39(43)44-37-22-9-12-25-40(37)47(2,3)41-26-13-10-23-38(41)46(44)49/h4-7,9-18,20,22-29,31,33-35,37-38,40-41H,8,19,21,30H2,1-3H3. The maximum atomic E-state index is 5.65. The molecule has 0 fully saturated rings. The second-order valence-electron chi connectivity index (χ2n) is 15.8. The Balaban J connectivity index is 1.20. The van der Waals surface area contributed by atoms with E-state index in [1.165, 1.54) is 45.5 Å². The Labute approximate surface area is 292 Å². The Hall–Kier alpha value is -4.43. The first-order valence-corrected chi connectivity index (χ1v) is 18.7. The van der Waals surface area contributed by atoms with Crippen LogP contribution in [0.2, 0.25) is 0 Å². The number of aromatic nitrogens is 2. The quantitative estimate of drug-likeness (QED) is 0.203. The molecule has 4 aromatic rings. The predicted octanol–water partition coefficient (Wildman–Crippen LogP) is 12.1. The molecule has 8 atom stereocenters. The lowest BCUT2D eigenvalue weighted by Gasteiger charge is -2.43. The number of allylic oxidation sites excluding steroid dienone is 12. The fraction of sp³-hybridized carbons (Fsp3) is 0.340. The number of rotatable bonds is 4. The Morgan fingerprint density at radius 2 is 1.47 bits per heavy atom. The number of nitrogens with zero attached hydrogens (tertiary/aromatic N) is 2. The normalized spacial score (nSPS) is 30.9. The molecule has 0 N–H and O–H groups in total. The van der Waals surface area contributed by atoms with E-state index in [0.29, 0.717) is 41.4 Å². The van der Waals surface area contributed by atoms with Crippen LogP contribution < -0.4 is 0 Å². The average molecular weight is 641 g/mol. The molecule has 2 nitrogen and oxygen atoms in total. The second kappa shape index (κ2) is 12.2. The van der Waals surface area contributed by atoms with Crippen molar-refractivity contribution in [3.63, 3.8) is 0 Å². The van der Waals surface area contributed by atoms with E-state index in [1.807, 2.05) is 0 Å². The molecule has 0 aliphatic heterocycles. The number of hydrogen-bond donors (Lipinski definition) is 0. The summed E-state index contributed by atoms with van der Waals surface area (Å²) in [6.45, 7) is 7.38. The molecule has 8 unspecified atom stereocenters. The maximum Gasteiger partial charge on any atom is 0.0526 e. The largest absolute Gasteiger partial charge is 0.337 e. The number of pyridine rings is 1. The maximum absolute atomic E-state index is 5.65. The highest BCUT2D eigenvalue weighted by Crippen LogP contribution is 2.59. The van der Waals surface area contributed by atoms with E-state index < -0.39 is 0 Å². The summed E-state index contributed by atoms with van der Waals surface area (Å²) in [6.07, 6.45) is 33.3. The third-order valence-electron chi connectivity index (χ3n) is 12.8. The molecule has 0 saturated carbocycles. The van der Waals surface area contributed by atoms with Gasteiger partial charge >= 0.3 is 0 Å². The molecule has 9 rings (SSSR count). The smallest absolute Gasteiger partial charge is 0.0526 e. The summed E-state index contributed by atoms with van der Waals surface area (Å²) in [5.74, 6) is 2.86. The third-order valence-corrected chi connectivity index (χ3v) is 12.8. The molecular weight excluding hydrogens is 593 g/mol. The molecule has 0 bridgehead atoms. The van der Waals surface area contributed by atoms with E-state index in [9.17, 15) is 0 Å². The van der Waals surface area contributed by atoms with Gasteiger partial charge in [0.1, 0.15) is 0 Å². The first-order chi connectivity index (χ1) is 24.0. The summed E-state index contributed by atoms with van der Waals surface area (Å²) in [6, 6.07) is 25.2. The molecule has 0 amide bonds. The van der Waals surface area contributed by atoms with E-state index in [2.05, 4.69) is 165 Å². The van der Waals surface area contributed by atoms with Gasteiger partial charge < -0.3 is 4.57 Å². The molecule has 2 heterocycles. The van der Waals surface area contributed by atoms with Gasteiger partial charge in [-0.05, 0) is 72.1 Å². The number of para-hydroxylation sites is 1. The van der Waals surface area contributed by atoms with Gasteiger partial charge in [0.25, 0.3) is 0 Å². The van der Waals surface area contributed by atoms with Crippen molar-refractivity contribution in [3.05, 3.63) is 162 Å². The number of benzene rings is 2. The van der Waals surface area contributed by atoms with Gasteiger partial charge in [0.05, 0.1) is 11.7 Å². The van der Waals surface area contributed by atoms with Gasteiger partial charge in [-0.3, -0.25) is 4.98 Å². The molecule has 0 radical (unpaired) electrons. The lowest BCUT2D eigenvalue weighted by molar-refractivity contribution is 0.162. The molecule has 246 valence electrons. The lowest BCUT2D eigenvalue weighted by atomic mass is 9.61. The zero-order valence-corrected chi connectivity index (χ0v) is 29.1. The van der Waals surface area contributed by atoms with Crippen LogP contribution in [0.15, 0.2) is 140 Å². The van der Waals surface area contributed by atoms with Crippen molar-refractivity contribution in [1.29, 1.82) is 0 Å². The van der Waals surface area contributed by atoms with E-state index in [4.69, 9.17) is 4.98 Å². The fourth-order valence-corrected chi connectivity index (χ4v) is 10.3. The van der Waals surface area contributed by atoms with Crippen LogP contribution >= 0.6 is 0 Å². The summed E-state index contributed by atoms with van der Waals surface area (Å²) in [5, 5.41) is 1.42. The van der Waals surface area contributed by atoms with Crippen molar-refractivity contribution < 1.29 is 0 Å². The minimum atomic E-state index is 0.105. The van der Waals surface area contributed by atoms with Crippen LogP contribution in [0.3, 0.4) is 0 Å². The van der Waals surface area contributed by atoms with Crippen LogP contribution in [0.4, 0.5) is 0 Å². The van der Waals surface area contributed by atoms with Crippen LogP contribution in [-0.2, 0) is 0 Å². The topological polar surface area (TPSA) is 17.8 Å². The third kappa shape index (κ3) is 5.01. The van der Waals surface area contributed by atoms with Crippen molar-refractivity contribution in [2.24, 2.45) is 23.2 Å². The molecule has 2 aromatic carbocycles. The molecule has 0 saturated heterocycles. The van der Waals surface area contributed by atoms with Crippen LogP contribution in [0.25, 0.3) is 22.0 Å². The first-order valence-electron chi connectivity index (χ1n) is 18.7. The van der Waals surface area contributed by atoms with E-state index in [1.54, 1.807) is 5.56 Å². The Kier molecular flexibility index (Phi) is 7.60. The monoisotopic (exact) mass is 640 g/mol. The zero-order valence-electron chi connectivity index (χ0n) is 29.1. The van der Waals surface area contributed by atoms with E-state index in [0.717, 1.165) is 19.3 Å². The number of fused-ring (bicyclic) bond motifs is 7. The van der Waals surface area contributed by atoms with Crippen molar-refractivity contribution >= 4 is 10.9 Å². The average Bonchev–Trinajstić information content (AvgIpc) is 3.46. The summed E-state index contributed by atoms with van der Waals surface area (Å²) in [7, 11) is 0. The van der Waals surface area contributed by atoms with Gasteiger partial charge in [-0.15, -0.1) is 0 Å². The van der Waals surface area contributed by atoms with Crippen LogP contribution in [0, 0.1) is 23.2 Å². The summed E-state index contributed by atoms with van der Waals surface area (Å²) < 4.78 is 2.78. The highest BCUT2D eigenvalue weighted by molar-refractivity contribution is 5.88. The van der Waals surface area contributed by atoms with E-state index >= 15 is 0 Å². The second-order valence-corrected chi connectivity index (χ2v) is 15.8. The van der Waals surface area contributed by atoms with Gasteiger partial charge in [-0.25, -0.2) is 0 Å². The molecule has 5 aliphatic rings. The molecule has 5 aliphatic carbocycles. The Bertz CT molecular complexity index is 2060. The van der Waals surface area contributed by atoms with Crippen molar-refractivity contribution in [1.82, 2.24) is 9.55 Å². The van der Waals surface area contributed by atoms with Crippen LogP contribution in [0.1, 0.15) is 98.8 Å².